The van der Waals surface area contributed by atoms with E-state index in [9.17, 15) is 14.7 Å². The normalized spacial score (nSPS) is 15.5. The number of benzene rings is 1. The van der Waals surface area contributed by atoms with Gasteiger partial charge in [-0.15, -0.1) is 0 Å². The maximum Gasteiger partial charge on any atom is 0.329 e. The van der Waals surface area contributed by atoms with E-state index in [1.807, 2.05) is 12.1 Å². The maximum absolute atomic E-state index is 12.2. The number of methoxy groups -OCH3 is 1. The summed E-state index contributed by atoms with van der Waals surface area (Å²) in [6.07, 6.45) is 3.36. The molecule has 0 saturated heterocycles. The fourth-order valence-corrected chi connectivity index (χ4v) is 2.53. The molecule has 120 valence electrons. The lowest BCUT2D eigenvalue weighted by molar-refractivity contribution is -0.148. The standard InChI is InChI=1S/C16H17N3O4/c1-23-12-5-3-11(4-6-12)19-10-7-13(18-19)14(20)17-16(15(21)22)8-2-9-16/h3-7,10H,2,8-9H2,1H3,(H,17,20)(H,21,22). The Morgan fingerprint density at radius 1 is 1.26 bits per heavy atom. The van der Waals surface area contributed by atoms with Gasteiger partial charge in [0, 0.05) is 6.20 Å². The van der Waals surface area contributed by atoms with Crippen LogP contribution < -0.4 is 10.1 Å². The predicted octanol–water partition coefficient (Wildman–Crippen LogP) is 1.62. The molecule has 1 aromatic heterocycles. The third-order valence-electron chi connectivity index (χ3n) is 4.13. The highest BCUT2D eigenvalue weighted by Gasteiger charge is 2.46. The van der Waals surface area contributed by atoms with Crippen molar-refractivity contribution < 1.29 is 19.4 Å². The zero-order valence-corrected chi connectivity index (χ0v) is 12.7. The number of ether oxygens (including phenoxy) is 1. The van der Waals surface area contributed by atoms with Crippen molar-refractivity contribution in [3.63, 3.8) is 0 Å². The molecule has 7 nitrogen and oxygen atoms in total. The van der Waals surface area contributed by atoms with Gasteiger partial charge >= 0.3 is 5.97 Å². The summed E-state index contributed by atoms with van der Waals surface area (Å²) in [6, 6.07) is 8.79. The smallest absolute Gasteiger partial charge is 0.329 e. The van der Waals surface area contributed by atoms with Crippen LogP contribution in [0.5, 0.6) is 5.75 Å². The number of hydrogen-bond donors (Lipinski definition) is 2. The van der Waals surface area contributed by atoms with Gasteiger partial charge in [0.15, 0.2) is 5.69 Å². The van der Waals surface area contributed by atoms with Crippen LogP contribution in [0.1, 0.15) is 29.8 Å². The molecular weight excluding hydrogens is 298 g/mol. The molecule has 1 fully saturated rings. The molecule has 0 unspecified atom stereocenters. The van der Waals surface area contributed by atoms with E-state index in [1.54, 1.807) is 36.2 Å². The van der Waals surface area contributed by atoms with Gasteiger partial charge in [0.1, 0.15) is 11.3 Å². The lowest BCUT2D eigenvalue weighted by atomic mass is 9.76. The summed E-state index contributed by atoms with van der Waals surface area (Å²) in [5.74, 6) is -0.738. The van der Waals surface area contributed by atoms with E-state index >= 15 is 0 Å². The molecule has 1 aromatic carbocycles. The van der Waals surface area contributed by atoms with Crippen molar-refractivity contribution >= 4 is 11.9 Å². The molecule has 1 aliphatic carbocycles. The van der Waals surface area contributed by atoms with Crippen molar-refractivity contribution in [2.75, 3.05) is 7.11 Å². The molecule has 0 aliphatic heterocycles. The summed E-state index contributed by atoms with van der Waals surface area (Å²) >= 11 is 0. The van der Waals surface area contributed by atoms with Gasteiger partial charge in [0.05, 0.1) is 12.8 Å². The van der Waals surface area contributed by atoms with Gasteiger partial charge in [-0.05, 0) is 49.6 Å². The highest BCUT2D eigenvalue weighted by Crippen LogP contribution is 2.32. The second-order valence-corrected chi connectivity index (χ2v) is 5.54. The summed E-state index contributed by atoms with van der Waals surface area (Å²) < 4.78 is 6.65. The highest BCUT2D eigenvalue weighted by atomic mass is 16.5. The third-order valence-corrected chi connectivity index (χ3v) is 4.13. The van der Waals surface area contributed by atoms with Gasteiger partial charge in [-0.25, -0.2) is 9.48 Å². The number of hydrogen-bond acceptors (Lipinski definition) is 4. The first-order valence-corrected chi connectivity index (χ1v) is 7.30. The highest BCUT2D eigenvalue weighted by molar-refractivity contribution is 5.96. The molecule has 1 amide bonds. The Bertz CT molecular complexity index is 732. The van der Waals surface area contributed by atoms with Crippen LogP contribution in [0.4, 0.5) is 0 Å². The average Bonchev–Trinajstić information content (AvgIpc) is 3.00. The minimum Gasteiger partial charge on any atom is -0.497 e. The van der Waals surface area contributed by atoms with Crippen molar-refractivity contribution in [2.24, 2.45) is 0 Å². The Labute approximate surface area is 132 Å². The summed E-state index contributed by atoms with van der Waals surface area (Å²) in [4.78, 5) is 23.5. The first-order chi connectivity index (χ1) is 11.0. The van der Waals surface area contributed by atoms with E-state index in [1.165, 1.54) is 0 Å². The largest absolute Gasteiger partial charge is 0.497 e. The molecule has 7 heteroatoms. The summed E-state index contributed by atoms with van der Waals surface area (Å²) in [7, 11) is 1.59. The van der Waals surface area contributed by atoms with Crippen LogP contribution >= 0.6 is 0 Å². The maximum atomic E-state index is 12.2. The van der Waals surface area contributed by atoms with Crippen LogP contribution in [-0.4, -0.2) is 39.4 Å². The van der Waals surface area contributed by atoms with Crippen molar-refractivity contribution in [1.29, 1.82) is 0 Å². The molecule has 2 N–H and O–H groups in total. The third kappa shape index (κ3) is 2.77. The number of carbonyl (C=O) groups is 2. The molecular formula is C16H17N3O4. The van der Waals surface area contributed by atoms with Crippen molar-refractivity contribution in [3.05, 3.63) is 42.2 Å². The molecule has 0 spiro atoms. The number of carboxylic acid groups (broad SMARTS) is 1. The average molecular weight is 315 g/mol. The Balaban J connectivity index is 1.75. The molecule has 1 heterocycles. The topological polar surface area (TPSA) is 93.5 Å². The number of carboxylic acids is 1. The van der Waals surface area contributed by atoms with Gasteiger partial charge in [-0.3, -0.25) is 4.79 Å². The van der Waals surface area contributed by atoms with Gasteiger partial charge in [0.25, 0.3) is 5.91 Å². The summed E-state index contributed by atoms with van der Waals surface area (Å²) in [5.41, 5.74) is -0.171. The number of carbonyl (C=O) groups excluding carboxylic acids is 1. The van der Waals surface area contributed by atoms with Crippen LogP contribution in [0.15, 0.2) is 36.5 Å². The minimum atomic E-state index is -1.14. The number of aromatic nitrogens is 2. The second kappa shape index (κ2) is 5.75. The fraction of sp³-hybridized carbons (Fsp3) is 0.312. The fourth-order valence-electron chi connectivity index (χ4n) is 2.53. The number of amides is 1. The van der Waals surface area contributed by atoms with E-state index in [-0.39, 0.29) is 5.69 Å². The molecule has 1 saturated carbocycles. The molecule has 3 rings (SSSR count). The summed E-state index contributed by atoms with van der Waals surface area (Å²) in [6.45, 7) is 0. The van der Waals surface area contributed by atoms with E-state index in [4.69, 9.17) is 4.74 Å². The molecule has 0 radical (unpaired) electrons. The van der Waals surface area contributed by atoms with Crippen LogP contribution in [0.2, 0.25) is 0 Å². The van der Waals surface area contributed by atoms with Crippen LogP contribution in [0, 0.1) is 0 Å². The van der Waals surface area contributed by atoms with E-state index in [0.29, 0.717) is 12.8 Å². The predicted molar refractivity (Wildman–Crippen MR) is 81.8 cm³/mol. The van der Waals surface area contributed by atoms with Crippen LogP contribution in [0.3, 0.4) is 0 Å². The number of nitrogens with zero attached hydrogens (tertiary/aromatic N) is 2. The van der Waals surface area contributed by atoms with E-state index in [0.717, 1.165) is 17.9 Å². The summed E-state index contributed by atoms with van der Waals surface area (Å²) in [5, 5.41) is 16.1. The Morgan fingerprint density at radius 2 is 1.96 bits per heavy atom. The first kappa shape index (κ1) is 15.1. The van der Waals surface area contributed by atoms with Crippen molar-refractivity contribution in [1.82, 2.24) is 15.1 Å². The quantitative estimate of drug-likeness (QED) is 0.874. The van der Waals surface area contributed by atoms with Crippen LogP contribution in [0.25, 0.3) is 5.69 Å². The lowest BCUT2D eigenvalue weighted by Gasteiger charge is -2.37. The molecule has 0 atom stereocenters. The van der Waals surface area contributed by atoms with E-state index in [2.05, 4.69) is 10.4 Å². The zero-order valence-electron chi connectivity index (χ0n) is 12.7. The Morgan fingerprint density at radius 3 is 2.48 bits per heavy atom. The monoisotopic (exact) mass is 315 g/mol. The first-order valence-electron chi connectivity index (χ1n) is 7.30. The Hall–Kier alpha value is -2.83. The van der Waals surface area contributed by atoms with Gasteiger partial charge < -0.3 is 15.2 Å². The second-order valence-electron chi connectivity index (χ2n) is 5.54. The minimum absolute atomic E-state index is 0.188. The number of rotatable bonds is 5. The van der Waals surface area contributed by atoms with Crippen LogP contribution in [-0.2, 0) is 4.79 Å². The van der Waals surface area contributed by atoms with Gasteiger partial charge in [-0.1, -0.05) is 0 Å². The molecule has 0 bridgehead atoms. The zero-order chi connectivity index (χ0) is 16.4. The Kier molecular flexibility index (Phi) is 3.77. The molecule has 1 aliphatic rings. The number of aliphatic carboxylic acids is 1. The van der Waals surface area contributed by atoms with Gasteiger partial charge in [-0.2, -0.15) is 5.10 Å². The molecule has 2 aromatic rings. The van der Waals surface area contributed by atoms with E-state index < -0.39 is 17.4 Å². The lowest BCUT2D eigenvalue weighted by Crippen LogP contribution is -2.59. The van der Waals surface area contributed by atoms with Gasteiger partial charge in [0.2, 0.25) is 0 Å². The number of nitrogens with one attached hydrogen (secondary N) is 1. The van der Waals surface area contributed by atoms with Crippen molar-refractivity contribution in [2.45, 2.75) is 24.8 Å². The SMILES string of the molecule is COc1ccc(-n2ccc(C(=O)NC3(C(=O)O)CCC3)n2)cc1. The van der Waals surface area contributed by atoms with Crippen molar-refractivity contribution in [3.8, 4) is 11.4 Å². The molecule has 23 heavy (non-hydrogen) atoms.